The van der Waals surface area contributed by atoms with Gasteiger partial charge in [-0.2, -0.15) is 0 Å². The zero-order valence-electron chi connectivity index (χ0n) is 23.3. The second-order valence-corrected chi connectivity index (χ2v) is 13.1. The van der Waals surface area contributed by atoms with Crippen LogP contribution >= 0.6 is 11.8 Å². The number of hydrogen-bond donors (Lipinski definition) is 1. The molecule has 4 aliphatic heterocycles. The number of amides is 2. The van der Waals surface area contributed by atoms with Crippen molar-refractivity contribution in [2.24, 2.45) is 23.7 Å². The van der Waals surface area contributed by atoms with Crippen molar-refractivity contribution in [3.63, 3.8) is 0 Å². The zero-order chi connectivity index (χ0) is 27.6. The Morgan fingerprint density at radius 2 is 2.05 bits per heavy atom. The van der Waals surface area contributed by atoms with E-state index in [-0.39, 0.29) is 48.1 Å². The first kappa shape index (κ1) is 29.4. The van der Waals surface area contributed by atoms with Crippen LogP contribution in [-0.2, 0) is 23.9 Å². The maximum Gasteiger partial charge on any atom is 0.310 e. The number of aliphatic hydroxyl groups excluding tert-OH is 1. The third-order valence-electron chi connectivity index (χ3n) is 8.77. The third kappa shape index (κ3) is 5.13. The van der Waals surface area contributed by atoms with Gasteiger partial charge in [-0.3, -0.25) is 19.3 Å². The van der Waals surface area contributed by atoms with Gasteiger partial charge in [0.15, 0.2) is 0 Å². The lowest BCUT2D eigenvalue weighted by molar-refractivity contribution is -0.154. The van der Waals surface area contributed by atoms with E-state index < -0.39 is 28.7 Å². The number of fused-ring (bicyclic) bond motifs is 1. The topological polar surface area (TPSA) is 99.6 Å². The van der Waals surface area contributed by atoms with E-state index in [9.17, 15) is 19.5 Å². The molecular formula is C28H45N3O6S. The van der Waals surface area contributed by atoms with E-state index in [0.717, 1.165) is 19.5 Å². The quantitative estimate of drug-likeness (QED) is 0.289. The minimum Gasteiger partial charge on any atom is -0.466 e. The fourth-order valence-electron chi connectivity index (χ4n) is 7.17. The SMILES string of the molecule is C=CCN(CCN1CCOCC1)C(=O)C1N([C@@H](CO)CC(C)C)C(=O)[C@@H]2[C@@H](C(=O)OCC)[C@H]3CC(C)C12S3. The lowest BCUT2D eigenvalue weighted by Gasteiger charge is -2.42. The number of esters is 1. The molecule has 4 fully saturated rings. The normalized spacial score (nSPS) is 33.5. The first-order valence-corrected chi connectivity index (χ1v) is 15.1. The molecule has 4 saturated heterocycles. The Kier molecular flexibility index (Phi) is 9.48. The molecule has 4 aliphatic rings. The highest BCUT2D eigenvalue weighted by Crippen LogP contribution is 2.69. The molecule has 1 spiro atoms. The number of aliphatic hydroxyl groups is 1. The molecule has 4 heterocycles. The average molecular weight is 552 g/mol. The van der Waals surface area contributed by atoms with Gasteiger partial charge in [-0.15, -0.1) is 18.3 Å². The Bertz CT molecular complexity index is 896. The Hall–Kier alpha value is -1.62. The van der Waals surface area contributed by atoms with Crippen LogP contribution in [0.15, 0.2) is 12.7 Å². The van der Waals surface area contributed by atoms with Crippen LogP contribution in [0, 0.1) is 23.7 Å². The zero-order valence-corrected chi connectivity index (χ0v) is 24.2. The molecular weight excluding hydrogens is 506 g/mol. The second kappa shape index (κ2) is 12.3. The van der Waals surface area contributed by atoms with E-state index in [1.54, 1.807) is 29.7 Å². The maximum atomic E-state index is 14.6. The predicted molar refractivity (Wildman–Crippen MR) is 147 cm³/mol. The summed E-state index contributed by atoms with van der Waals surface area (Å²) in [7, 11) is 0. The standard InChI is InChI=1S/C28H45N3O6S/c1-6-8-30(10-9-29-11-13-36-14-12-29)26(34)24-28-19(5)16-21(38-28)22(27(35)37-7-2)23(28)25(33)31(24)20(17-32)15-18(3)4/h6,18-24,32H,1,7-17H2,2-5H3/t19?,20-,21-,22+,23+,24?,28?/m1/s1. The lowest BCUT2D eigenvalue weighted by atomic mass is 9.66. The second-order valence-electron chi connectivity index (χ2n) is 11.5. The van der Waals surface area contributed by atoms with Gasteiger partial charge in [0.2, 0.25) is 11.8 Å². The first-order valence-electron chi connectivity index (χ1n) is 14.2. The molecule has 10 heteroatoms. The summed E-state index contributed by atoms with van der Waals surface area (Å²) in [6.07, 6.45) is 3.07. The van der Waals surface area contributed by atoms with Crippen molar-refractivity contribution in [2.45, 2.75) is 62.6 Å². The molecule has 1 N–H and O–H groups in total. The van der Waals surface area contributed by atoms with Crippen LogP contribution in [0.25, 0.3) is 0 Å². The average Bonchev–Trinajstić information content (AvgIpc) is 3.49. The molecule has 4 rings (SSSR count). The van der Waals surface area contributed by atoms with Gasteiger partial charge in [-0.1, -0.05) is 26.8 Å². The van der Waals surface area contributed by atoms with Crippen molar-refractivity contribution in [1.82, 2.24) is 14.7 Å². The molecule has 7 atom stereocenters. The van der Waals surface area contributed by atoms with Crippen molar-refractivity contribution in [3.05, 3.63) is 12.7 Å². The van der Waals surface area contributed by atoms with Gasteiger partial charge in [-0.05, 0) is 31.6 Å². The number of ether oxygens (including phenoxy) is 2. The molecule has 3 unspecified atom stereocenters. The molecule has 2 bridgehead atoms. The summed E-state index contributed by atoms with van der Waals surface area (Å²) >= 11 is 1.65. The summed E-state index contributed by atoms with van der Waals surface area (Å²) in [6, 6.07) is -1.24. The van der Waals surface area contributed by atoms with Gasteiger partial charge < -0.3 is 24.4 Å². The number of morpholine rings is 1. The predicted octanol–water partition coefficient (Wildman–Crippen LogP) is 1.64. The smallest absolute Gasteiger partial charge is 0.310 e. The summed E-state index contributed by atoms with van der Waals surface area (Å²) in [5.41, 5.74) is 0. The minimum atomic E-state index is -0.745. The van der Waals surface area contributed by atoms with Crippen molar-refractivity contribution in [2.75, 3.05) is 59.2 Å². The monoisotopic (exact) mass is 551 g/mol. The van der Waals surface area contributed by atoms with E-state index >= 15 is 0 Å². The van der Waals surface area contributed by atoms with Crippen molar-refractivity contribution in [3.8, 4) is 0 Å². The van der Waals surface area contributed by atoms with Crippen LogP contribution in [0.1, 0.15) is 40.5 Å². The van der Waals surface area contributed by atoms with Gasteiger partial charge in [-0.25, -0.2) is 0 Å². The van der Waals surface area contributed by atoms with Gasteiger partial charge in [0.1, 0.15) is 6.04 Å². The van der Waals surface area contributed by atoms with Crippen LogP contribution in [0.4, 0.5) is 0 Å². The van der Waals surface area contributed by atoms with Gasteiger partial charge in [0, 0.05) is 38.0 Å². The van der Waals surface area contributed by atoms with E-state index in [2.05, 4.69) is 32.3 Å². The van der Waals surface area contributed by atoms with Gasteiger partial charge in [0.25, 0.3) is 0 Å². The summed E-state index contributed by atoms with van der Waals surface area (Å²) in [5.74, 6) is -1.54. The van der Waals surface area contributed by atoms with Gasteiger partial charge >= 0.3 is 5.97 Å². The van der Waals surface area contributed by atoms with Gasteiger partial charge in [0.05, 0.1) is 49.1 Å². The largest absolute Gasteiger partial charge is 0.466 e. The fraction of sp³-hybridized carbons (Fsp3) is 0.821. The number of thioether (sulfide) groups is 1. The molecule has 38 heavy (non-hydrogen) atoms. The molecule has 214 valence electrons. The third-order valence-corrected chi connectivity index (χ3v) is 10.9. The number of carbonyl (C=O) groups excluding carboxylic acids is 3. The minimum absolute atomic E-state index is 0.0469. The molecule has 0 aromatic carbocycles. The van der Waals surface area contributed by atoms with E-state index in [0.29, 0.717) is 39.3 Å². The van der Waals surface area contributed by atoms with Crippen LogP contribution in [0.5, 0.6) is 0 Å². The van der Waals surface area contributed by atoms with E-state index in [4.69, 9.17) is 9.47 Å². The first-order chi connectivity index (χ1) is 18.2. The highest BCUT2D eigenvalue weighted by Gasteiger charge is 2.77. The van der Waals surface area contributed by atoms with Crippen LogP contribution in [-0.4, -0.2) is 119 Å². The number of carbonyl (C=O) groups is 3. The highest BCUT2D eigenvalue weighted by molar-refractivity contribution is 8.02. The Labute approximate surface area is 231 Å². The Balaban J connectivity index is 1.72. The fourth-order valence-corrected chi connectivity index (χ4v) is 9.56. The number of hydrogen-bond acceptors (Lipinski definition) is 8. The summed E-state index contributed by atoms with van der Waals surface area (Å²) in [4.78, 5) is 47.8. The summed E-state index contributed by atoms with van der Waals surface area (Å²) in [6.45, 7) is 16.5. The molecule has 0 radical (unpaired) electrons. The molecule has 0 aromatic heterocycles. The Morgan fingerprint density at radius 3 is 2.66 bits per heavy atom. The van der Waals surface area contributed by atoms with E-state index in [1.165, 1.54) is 0 Å². The lowest BCUT2D eigenvalue weighted by Crippen LogP contribution is -2.60. The molecule has 2 amide bonds. The van der Waals surface area contributed by atoms with Crippen LogP contribution in [0.3, 0.4) is 0 Å². The molecule has 9 nitrogen and oxygen atoms in total. The number of rotatable bonds is 12. The molecule has 0 aromatic rings. The van der Waals surface area contributed by atoms with E-state index in [1.807, 2.05) is 4.90 Å². The number of likely N-dealkylation sites (tertiary alicyclic amines) is 1. The molecule has 0 aliphatic carbocycles. The highest BCUT2D eigenvalue weighted by atomic mass is 32.2. The molecule has 0 saturated carbocycles. The Morgan fingerprint density at radius 1 is 1.34 bits per heavy atom. The van der Waals surface area contributed by atoms with Crippen LogP contribution in [0.2, 0.25) is 0 Å². The summed E-state index contributed by atoms with van der Waals surface area (Å²) in [5, 5.41) is 10.4. The summed E-state index contributed by atoms with van der Waals surface area (Å²) < 4.78 is 10.2. The maximum absolute atomic E-state index is 14.6. The van der Waals surface area contributed by atoms with Crippen molar-refractivity contribution >= 4 is 29.5 Å². The van der Waals surface area contributed by atoms with Crippen molar-refractivity contribution < 1.29 is 29.0 Å². The van der Waals surface area contributed by atoms with Crippen molar-refractivity contribution in [1.29, 1.82) is 0 Å². The number of nitrogens with zero attached hydrogens (tertiary/aromatic N) is 3. The van der Waals surface area contributed by atoms with Crippen LogP contribution < -0.4 is 0 Å².